The van der Waals surface area contributed by atoms with Crippen molar-refractivity contribution >= 4 is 35.9 Å². The van der Waals surface area contributed by atoms with E-state index in [1.165, 1.54) is 4.90 Å². The molecule has 72 valence electrons. The largest absolute Gasteiger partial charge is 0.350 e. The number of hydrogen-bond acceptors (Lipinski definition) is 3. The number of nitrogens with zero attached hydrogens (tertiary/aromatic N) is 1. The standard InChI is InChI=1S/C8H12N2OS2/c1-3-5(2)10-7(11)6(4-12)9-8(10)13/h3,5-6,12H,1,4H2,2H3,(H,9,13)/t5?,6-/m1/s1. The third-order valence-electron chi connectivity index (χ3n) is 1.98. The maximum atomic E-state index is 11.6. The number of thiol groups is 1. The van der Waals surface area contributed by atoms with Crippen LogP contribution in [0.15, 0.2) is 12.7 Å². The van der Waals surface area contributed by atoms with Crippen LogP contribution in [0.25, 0.3) is 0 Å². The first-order valence-electron chi connectivity index (χ1n) is 3.98. The van der Waals surface area contributed by atoms with E-state index in [0.29, 0.717) is 10.9 Å². The van der Waals surface area contributed by atoms with Crippen LogP contribution in [0.5, 0.6) is 0 Å². The highest BCUT2D eigenvalue weighted by Gasteiger charge is 2.36. The van der Waals surface area contributed by atoms with Crippen molar-refractivity contribution in [3.8, 4) is 0 Å². The molecule has 1 rings (SSSR count). The fourth-order valence-corrected chi connectivity index (χ4v) is 1.81. The molecule has 5 heteroatoms. The number of carbonyl (C=O) groups excluding carboxylic acids is 1. The minimum Gasteiger partial charge on any atom is -0.350 e. The summed E-state index contributed by atoms with van der Waals surface area (Å²) in [6.45, 7) is 5.50. The SMILES string of the molecule is C=CC(C)N1C(=O)[C@@H](CS)NC1=S. The van der Waals surface area contributed by atoms with Gasteiger partial charge < -0.3 is 5.32 Å². The van der Waals surface area contributed by atoms with E-state index < -0.39 is 0 Å². The van der Waals surface area contributed by atoms with Crippen LogP contribution in [0.3, 0.4) is 0 Å². The average Bonchev–Trinajstić information content (AvgIpc) is 2.40. The first-order chi connectivity index (χ1) is 6.11. The maximum Gasteiger partial charge on any atom is 0.252 e. The Morgan fingerprint density at radius 1 is 1.92 bits per heavy atom. The molecule has 1 heterocycles. The van der Waals surface area contributed by atoms with Crippen LogP contribution in [0, 0.1) is 0 Å². The molecule has 0 aromatic rings. The molecular weight excluding hydrogens is 204 g/mol. The molecule has 0 aliphatic carbocycles. The van der Waals surface area contributed by atoms with Crippen LogP contribution >= 0.6 is 24.8 Å². The van der Waals surface area contributed by atoms with Gasteiger partial charge in [-0.1, -0.05) is 6.08 Å². The number of nitrogens with one attached hydrogen (secondary N) is 1. The molecule has 0 saturated carbocycles. The summed E-state index contributed by atoms with van der Waals surface area (Å²) in [5.41, 5.74) is 0. The van der Waals surface area contributed by atoms with Gasteiger partial charge in [-0.15, -0.1) is 6.58 Å². The van der Waals surface area contributed by atoms with Gasteiger partial charge in [-0.2, -0.15) is 12.6 Å². The van der Waals surface area contributed by atoms with E-state index in [0.717, 1.165) is 0 Å². The van der Waals surface area contributed by atoms with Crippen molar-refractivity contribution in [3.63, 3.8) is 0 Å². The van der Waals surface area contributed by atoms with Crippen LogP contribution in [-0.2, 0) is 4.79 Å². The van der Waals surface area contributed by atoms with Crippen molar-refractivity contribution < 1.29 is 4.79 Å². The molecule has 2 atom stereocenters. The first-order valence-corrected chi connectivity index (χ1v) is 5.03. The Kier molecular flexibility index (Phi) is 3.33. The molecule has 0 aromatic heterocycles. The molecule has 1 fully saturated rings. The predicted octanol–water partition coefficient (Wildman–Crippen LogP) is 0.576. The molecule has 13 heavy (non-hydrogen) atoms. The molecule has 1 saturated heterocycles. The number of thiocarbonyl (C=S) groups is 1. The van der Waals surface area contributed by atoms with E-state index in [1.54, 1.807) is 6.08 Å². The topological polar surface area (TPSA) is 32.3 Å². The molecule has 0 bridgehead atoms. The number of hydrogen-bond donors (Lipinski definition) is 2. The molecule has 1 aliphatic rings. The van der Waals surface area contributed by atoms with Crippen molar-refractivity contribution in [3.05, 3.63) is 12.7 Å². The third kappa shape index (κ3) is 1.86. The lowest BCUT2D eigenvalue weighted by Gasteiger charge is -2.19. The normalized spacial score (nSPS) is 24.5. The highest BCUT2D eigenvalue weighted by molar-refractivity contribution is 7.80. The molecule has 0 radical (unpaired) electrons. The summed E-state index contributed by atoms with van der Waals surface area (Å²) in [6.07, 6.45) is 1.69. The minimum absolute atomic E-state index is 0.0209. The molecule has 1 N–H and O–H groups in total. The van der Waals surface area contributed by atoms with Gasteiger partial charge in [-0.3, -0.25) is 9.69 Å². The van der Waals surface area contributed by atoms with E-state index in [4.69, 9.17) is 12.2 Å². The summed E-state index contributed by atoms with van der Waals surface area (Å²) in [5, 5.41) is 3.37. The van der Waals surface area contributed by atoms with Crippen molar-refractivity contribution in [2.75, 3.05) is 5.75 Å². The fourth-order valence-electron chi connectivity index (χ4n) is 1.16. The lowest BCUT2D eigenvalue weighted by Crippen LogP contribution is -2.38. The Bertz CT molecular complexity index is 255. The predicted molar refractivity (Wildman–Crippen MR) is 59.9 cm³/mol. The molecule has 1 amide bonds. The number of rotatable bonds is 3. The molecule has 1 unspecified atom stereocenters. The highest BCUT2D eigenvalue weighted by atomic mass is 32.1. The Labute approximate surface area is 88.6 Å². The van der Waals surface area contributed by atoms with E-state index in [-0.39, 0.29) is 18.0 Å². The van der Waals surface area contributed by atoms with E-state index in [1.807, 2.05) is 6.92 Å². The van der Waals surface area contributed by atoms with Gasteiger partial charge in [0.1, 0.15) is 6.04 Å². The quantitative estimate of drug-likeness (QED) is 0.411. The zero-order chi connectivity index (χ0) is 10.0. The second kappa shape index (κ2) is 4.11. The van der Waals surface area contributed by atoms with Gasteiger partial charge in [0.15, 0.2) is 5.11 Å². The van der Waals surface area contributed by atoms with Crippen molar-refractivity contribution in [2.45, 2.75) is 19.0 Å². The van der Waals surface area contributed by atoms with Crippen LogP contribution < -0.4 is 5.32 Å². The molecule has 1 aliphatic heterocycles. The first kappa shape index (κ1) is 10.5. The smallest absolute Gasteiger partial charge is 0.252 e. The minimum atomic E-state index is -0.279. The van der Waals surface area contributed by atoms with E-state index >= 15 is 0 Å². The lowest BCUT2D eigenvalue weighted by molar-refractivity contribution is -0.127. The summed E-state index contributed by atoms with van der Waals surface area (Å²) >= 11 is 9.07. The highest BCUT2D eigenvalue weighted by Crippen LogP contribution is 2.12. The Morgan fingerprint density at radius 3 is 2.92 bits per heavy atom. The summed E-state index contributed by atoms with van der Waals surface area (Å²) in [4.78, 5) is 13.2. The molecule has 3 nitrogen and oxygen atoms in total. The zero-order valence-electron chi connectivity index (χ0n) is 7.36. The van der Waals surface area contributed by atoms with Crippen LogP contribution in [0.1, 0.15) is 6.92 Å². The summed E-state index contributed by atoms with van der Waals surface area (Å²) < 4.78 is 0. The van der Waals surface area contributed by atoms with Gasteiger partial charge >= 0.3 is 0 Å². The molecule has 0 aromatic carbocycles. The monoisotopic (exact) mass is 216 g/mol. The van der Waals surface area contributed by atoms with Gasteiger partial charge in [0.2, 0.25) is 0 Å². The van der Waals surface area contributed by atoms with Crippen LogP contribution in [0.2, 0.25) is 0 Å². The summed E-state index contributed by atoms with van der Waals surface area (Å²) in [5.74, 6) is 0.437. The summed E-state index contributed by atoms with van der Waals surface area (Å²) in [6, 6.07) is -0.337. The zero-order valence-corrected chi connectivity index (χ0v) is 9.07. The number of carbonyl (C=O) groups is 1. The molecule has 0 spiro atoms. The van der Waals surface area contributed by atoms with Gasteiger partial charge in [0.25, 0.3) is 5.91 Å². The maximum absolute atomic E-state index is 11.6. The van der Waals surface area contributed by atoms with Gasteiger partial charge in [0.05, 0.1) is 6.04 Å². The van der Waals surface area contributed by atoms with Gasteiger partial charge in [-0.25, -0.2) is 0 Å². The second-order valence-corrected chi connectivity index (χ2v) is 3.62. The van der Waals surface area contributed by atoms with Crippen LogP contribution in [0.4, 0.5) is 0 Å². The van der Waals surface area contributed by atoms with Crippen molar-refractivity contribution in [2.24, 2.45) is 0 Å². The van der Waals surface area contributed by atoms with Crippen LogP contribution in [-0.4, -0.2) is 33.8 Å². The fraction of sp³-hybridized carbons (Fsp3) is 0.500. The number of amides is 1. The third-order valence-corrected chi connectivity index (χ3v) is 2.66. The Morgan fingerprint density at radius 2 is 2.54 bits per heavy atom. The Balaban J connectivity index is 2.81. The van der Waals surface area contributed by atoms with Crippen molar-refractivity contribution in [1.29, 1.82) is 0 Å². The molecular formula is C8H12N2OS2. The lowest BCUT2D eigenvalue weighted by atomic mass is 10.2. The Hall–Kier alpha value is -0.550. The second-order valence-electron chi connectivity index (χ2n) is 2.87. The van der Waals surface area contributed by atoms with Gasteiger partial charge in [0, 0.05) is 5.75 Å². The van der Waals surface area contributed by atoms with E-state index in [9.17, 15) is 4.79 Å². The summed E-state index contributed by atoms with van der Waals surface area (Å²) in [7, 11) is 0. The van der Waals surface area contributed by atoms with E-state index in [2.05, 4.69) is 24.5 Å². The average molecular weight is 216 g/mol. The van der Waals surface area contributed by atoms with Gasteiger partial charge in [-0.05, 0) is 19.1 Å². The van der Waals surface area contributed by atoms with Crippen molar-refractivity contribution in [1.82, 2.24) is 10.2 Å².